The Kier molecular flexibility index (Phi) is 3.18. The van der Waals surface area contributed by atoms with Gasteiger partial charge in [0.25, 0.3) is 0 Å². The highest BCUT2D eigenvalue weighted by Crippen LogP contribution is 2.24. The van der Waals surface area contributed by atoms with Crippen LogP contribution in [0.1, 0.15) is 5.76 Å². The van der Waals surface area contributed by atoms with Crippen molar-refractivity contribution in [3.63, 3.8) is 0 Å². The van der Waals surface area contributed by atoms with Crippen molar-refractivity contribution in [3.05, 3.63) is 40.9 Å². The number of halogens is 1. The van der Waals surface area contributed by atoms with Crippen LogP contribution in [-0.2, 0) is 11.3 Å². The summed E-state index contributed by atoms with van der Waals surface area (Å²) in [5, 5.41) is 0. The molecule has 2 aromatic rings. The van der Waals surface area contributed by atoms with E-state index in [4.69, 9.17) is 9.15 Å². The molecule has 0 aliphatic heterocycles. The average Bonchev–Trinajstić information content (AvgIpc) is 2.68. The van der Waals surface area contributed by atoms with Gasteiger partial charge in [0.05, 0.1) is 0 Å². The number of aromatic nitrogens is 1. The van der Waals surface area contributed by atoms with Gasteiger partial charge in [-0.05, 0) is 12.1 Å². The van der Waals surface area contributed by atoms with Crippen LogP contribution < -0.4 is 0 Å². The molecule has 2 rings (SSSR count). The highest BCUT2D eigenvalue weighted by atomic mass is 79.9. The Balaban J connectivity index is 2.36. The number of methoxy groups -OCH3 is 1. The van der Waals surface area contributed by atoms with Gasteiger partial charge in [0.2, 0.25) is 0 Å². The first-order valence-corrected chi connectivity index (χ1v) is 5.28. The van der Waals surface area contributed by atoms with E-state index in [0.29, 0.717) is 6.61 Å². The van der Waals surface area contributed by atoms with Crippen molar-refractivity contribution < 1.29 is 9.15 Å². The first-order valence-electron chi connectivity index (χ1n) is 4.48. The van der Waals surface area contributed by atoms with E-state index in [2.05, 4.69) is 20.9 Å². The van der Waals surface area contributed by atoms with E-state index in [1.807, 2.05) is 24.3 Å². The molecule has 3 nitrogen and oxygen atoms in total. The fourth-order valence-corrected chi connectivity index (χ4v) is 1.61. The van der Waals surface area contributed by atoms with Crippen molar-refractivity contribution in [2.24, 2.45) is 0 Å². The molecule has 4 heteroatoms. The van der Waals surface area contributed by atoms with Crippen LogP contribution in [0, 0.1) is 0 Å². The Hall–Kier alpha value is -1.13. The summed E-state index contributed by atoms with van der Waals surface area (Å²) in [5.74, 6) is 0.750. The first kappa shape index (κ1) is 10.4. The predicted octanol–water partition coefficient (Wildman–Crippen LogP) is 3.25. The second-order valence-electron chi connectivity index (χ2n) is 3.06. The number of hydrogen-bond donors (Lipinski definition) is 0. The zero-order valence-electron chi connectivity index (χ0n) is 8.24. The third-order valence-electron chi connectivity index (χ3n) is 2.03. The maximum Gasteiger partial charge on any atom is 0.181 e. The topological polar surface area (TPSA) is 35.3 Å². The molecule has 1 aromatic heterocycles. The summed E-state index contributed by atoms with van der Waals surface area (Å²) in [6.45, 7) is 0.436. The zero-order chi connectivity index (χ0) is 10.7. The van der Waals surface area contributed by atoms with Gasteiger partial charge in [-0.3, -0.25) is 0 Å². The molecule has 1 aromatic carbocycles. The lowest BCUT2D eigenvalue weighted by Crippen LogP contribution is -1.88. The van der Waals surface area contributed by atoms with Crippen LogP contribution in [0.2, 0.25) is 0 Å². The zero-order valence-corrected chi connectivity index (χ0v) is 9.82. The monoisotopic (exact) mass is 267 g/mol. The minimum absolute atomic E-state index is 0.436. The molecular formula is C11H10BrNO2. The van der Waals surface area contributed by atoms with E-state index in [1.165, 1.54) is 6.39 Å². The molecule has 0 saturated heterocycles. The lowest BCUT2D eigenvalue weighted by Gasteiger charge is -2.00. The Morgan fingerprint density at radius 1 is 1.33 bits per heavy atom. The number of benzene rings is 1. The van der Waals surface area contributed by atoms with Gasteiger partial charge in [0, 0.05) is 17.1 Å². The van der Waals surface area contributed by atoms with E-state index in [1.54, 1.807) is 7.11 Å². The summed E-state index contributed by atoms with van der Waals surface area (Å²) >= 11 is 3.39. The standard InChI is InChI=1S/C11H10BrNO2/c1-14-6-10-11(13-7-15-10)8-2-4-9(12)5-3-8/h2-5,7H,6H2,1H3. The Morgan fingerprint density at radius 3 is 2.73 bits per heavy atom. The van der Waals surface area contributed by atoms with Gasteiger partial charge in [-0.25, -0.2) is 4.98 Å². The molecule has 0 atom stereocenters. The summed E-state index contributed by atoms with van der Waals surface area (Å²) in [6.07, 6.45) is 1.44. The average molecular weight is 268 g/mol. The second-order valence-corrected chi connectivity index (χ2v) is 3.98. The van der Waals surface area contributed by atoms with Gasteiger partial charge in [-0.15, -0.1) is 0 Å². The van der Waals surface area contributed by atoms with Crippen molar-refractivity contribution in [2.75, 3.05) is 7.11 Å². The van der Waals surface area contributed by atoms with Crippen molar-refractivity contribution >= 4 is 15.9 Å². The normalized spacial score (nSPS) is 10.5. The van der Waals surface area contributed by atoms with Crippen molar-refractivity contribution in [1.82, 2.24) is 4.98 Å². The minimum atomic E-state index is 0.436. The molecule has 15 heavy (non-hydrogen) atoms. The molecule has 0 amide bonds. The fourth-order valence-electron chi connectivity index (χ4n) is 1.35. The van der Waals surface area contributed by atoms with Crippen molar-refractivity contribution in [2.45, 2.75) is 6.61 Å². The Bertz CT molecular complexity index is 436. The van der Waals surface area contributed by atoms with Crippen LogP contribution in [-0.4, -0.2) is 12.1 Å². The van der Waals surface area contributed by atoms with Gasteiger partial charge in [0.15, 0.2) is 12.2 Å². The SMILES string of the molecule is COCc1ocnc1-c1ccc(Br)cc1. The van der Waals surface area contributed by atoms with Crippen LogP contribution >= 0.6 is 15.9 Å². The molecule has 78 valence electrons. The summed E-state index contributed by atoms with van der Waals surface area (Å²) in [4.78, 5) is 4.17. The number of hydrogen-bond acceptors (Lipinski definition) is 3. The molecule has 0 aliphatic rings. The van der Waals surface area contributed by atoms with E-state index >= 15 is 0 Å². The number of nitrogens with zero attached hydrogens (tertiary/aromatic N) is 1. The van der Waals surface area contributed by atoms with E-state index in [0.717, 1.165) is 21.5 Å². The molecule has 0 saturated carbocycles. The molecule has 0 bridgehead atoms. The van der Waals surface area contributed by atoms with Gasteiger partial charge < -0.3 is 9.15 Å². The minimum Gasteiger partial charge on any atom is -0.445 e. The van der Waals surface area contributed by atoms with Gasteiger partial charge in [0.1, 0.15) is 12.3 Å². The molecule has 1 heterocycles. The maximum absolute atomic E-state index is 5.24. The van der Waals surface area contributed by atoms with Gasteiger partial charge in [-0.2, -0.15) is 0 Å². The smallest absolute Gasteiger partial charge is 0.181 e. The molecule has 0 aliphatic carbocycles. The van der Waals surface area contributed by atoms with Gasteiger partial charge >= 0.3 is 0 Å². The molecule has 0 radical (unpaired) electrons. The quantitative estimate of drug-likeness (QED) is 0.857. The maximum atomic E-state index is 5.24. The Morgan fingerprint density at radius 2 is 2.07 bits per heavy atom. The van der Waals surface area contributed by atoms with Crippen molar-refractivity contribution in [1.29, 1.82) is 0 Å². The summed E-state index contributed by atoms with van der Waals surface area (Å²) < 4.78 is 11.3. The number of oxazole rings is 1. The second kappa shape index (κ2) is 4.59. The van der Waals surface area contributed by atoms with Crippen LogP contribution in [0.5, 0.6) is 0 Å². The number of rotatable bonds is 3. The summed E-state index contributed by atoms with van der Waals surface area (Å²) in [6, 6.07) is 7.92. The predicted molar refractivity (Wildman–Crippen MR) is 60.4 cm³/mol. The van der Waals surface area contributed by atoms with Crippen LogP contribution in [0.15, 0.2) is 39.5 Å². The summed E-state index contributed by atoms with van der Waals surface area (Å²) in [7, 11) is 1.63. The molecular weight excluding hydrogens is 258 g/mol. The highest BCUT2D eigenvalue weighted by molar-refractivity contribution is 9.10. The lowest BCUT2D eigenvalue weighted by atomic mass is 10.1. The fraction of sp³-hybridized carbons (Fsp3) is 0.182. The van der Waals surface area contributed by atoms with Crippen LogP contribution in [0.4, 0.5) is 0 Å². The summed E-state index contributed by atoms with van der Waals surface area (Å²) in [5.41, 5.74) is 1.86. The van der Waals surface area contributed by atoms with E-state index in [9.17, 15) is 0 Å². The van der Waals surface area contributed by atoms with Crippen molar-refractivity contribution in [3.8, 4) is 11.3 Å². The third-order valence-corrected chi connectivity index (χ3v) is 2.56. The van der Waals surface area contributed by atoms with Gasteiger partial charge in [-0.1, -0.05) is 28.1 Å². The van der Waals surface area contributed by atoms with E-state index < -0.39 is 0 Å². The van der Waals surface area contributed by atoms with Crippen LogP contribution in [0.3, 0.4) is 0 Å². The largest absolute Gasteiger partial charge is 0.445 e. The first-order chi connectivity index (χ1) is 7.31. The number of ether oxygens (including phenoxy) is 1. The molecule has 0 spiro atoms. The molecule has 0 unspecified atom stereocenters. The molecule has 0 N–H and O–H groups in total. The Labute approximate surface area is 96.2 Å². The third kappa shape index (κ3) is 2.27. The highest BCUT2D eigenvalue weighted by Gasteiger charge is 2.09. The van der Waals surface area contributed by atoms with Crippen LogP contribution in [0.25, 0.3) is 11.3 Å². The van der Waals surface area contributed by atoms with E-state index in [-0.39, 0.29) is 0 Å². The molecule has 0 fully saturated rings. The lowest BCUT2D eigenvalue weighted by molar-refractivity contribution is 0.165.